The Balaban J connectivity index is 2.39. The summed E-state index contributed by atoms with van der Waals surface area (Å²) in [6.07, 6.45) is 1.78. The third kappa shape index (κ3) is 5.92. The predicted molar refractivity (Wildman–Crippen MR) is 112 cm³/mol. The number of carbonyl (C=O) groups excluding carboxylic acids is 1. The van der Waals surface area contributed by atoms with E-state index in [2.05, 4.69) is 15.4 Å². The first-order chi connectivity index (χ1) is 13.6. The molecule has 2 aromatic rings. The third-order valence-electron chi connectivity index (χ3n) is 4.06. The van der Waals surface area contributed by atoms with Crippen LogP contribution in [0, 0.1) is 0 Å². The van der Waals surface area contributed by atoms with Crippen LogP contribution in [0.2, 0.25) is 0 Å². The first-order valence-corrected chi connectivity index (χ1v) is 11.9. The van der Waals surface area contributed by atoms with Gasteiger partial charge in [0.1, 0.15) is 0 Å². The molecule has 0 fully saturated rings. The number of carbonyl (C=O) groups is 1. The van der Waals surface area contributed by atoms with Gasteiger partial charge in [-0.3, -0.25) is 9.52 Å². The number of nitrogens with one attached hydrogen (secondary N) is 3. The molecule has 0 atom stereocenters. The molecule has 29 heavy (non-hydrogen) atoms. The van der Waals surface area contributed by atoms with Crippen LogP contribution in [-0.4, -0.2) is 36.3 Å². The molecule has 0 aliphatic carbocycles. The zero-order valence-electron chi connectivity index (χ0n) is 16.1. The van der Waals surface area contributed by atoms with Crippen molar-refractivity contribution >= 4 is 37.3 Å². The lowest BCUT2D eigenvalue weighted by Crippen LogP contribution is -2.19. The number of nitrogens with two attached hydrogens (primary N) is 1. The molecule has 0 saturated carbocycles. The van der Waals surface area contributed by atoms with Crippen molar-refractivity contribution in [3.63, 3.8) is 0 Å². The van der Waals surface area contributed by atoms with E-state index in [1.165, 1.54) is 49.5 Å². The van der Waals surface area contributed by atoms with E-state index in [-0.39, 0.29) is 21.4 Å². The van der Waals surface area contributed by atoms with Crippen LogP contribution in [0.4, 0.5) is 11.4 Å². The van der Waals surface area contributed by atoms with Crippen molar-refractivity contribution in [1.82, 2.24) is 5.32 Å². The highest BCUT2D eigenvalue weighted by atomic mass is 32.2. The molecule has 0 bridgehead atoms. The lowest BCUT2D eigenvalue weighted by atomic mass is 10.2. The highest BCUT2D eigenvalue weighted by Crippen LogP contribution is 2.28. The minimum absolute atomic E-state index is 0.0583. The predicted octanol–water partition coefficient (Wildman–Crippen LogP) is 1.71. The Labute approximate surface area is 170 Å². The van der Waals surface area contributed by atoms with Gasteiger partial charge in [0.2, 0.25) is 10.0 Å². The second-order valence-electron chi connectivity index (χ2n) is 6.24. The molecular formula is C18H24N4O5S2. The van der Waals surface area contributed by atoms with Crippen molar-refractivity contribution in [1.29, 1.82) is 0 Å². The fourth-order valence-electron chi connectivity index (χ4n) is 2.47. The van der Waals surface area contributed by atoms with Gasteiger partial charge in [0.05, 0.1) is 21.2 Å². The monoisotopic (exact) mass is 440 g/mol. The molecule has 0 saturated heterocycles. The van der Waals surface area contributed by atoms with Gasteiger partial charge in [0.25, 0.3) is 15.9 Å². The summed E-state index contributed by atoms with van der Waals surface area (Å²) in [5, 5.41) is 10.7. The summed E-state index contributed by atoms with van der Waals surface area (Å²) in [6.45, 7) is 2.60. The number of amides is 1. The molecule has 11 heteroatoms. The van der Waals surface area contributed by atoms with E-state index in [0.29, 0.717) is 17.8 Å². The maximum atomic E-state index is 12.8. The summed E-state index contributed by atoms with van der Waals surface area (Å²) >= 11 is 0. The Morgan fingerprint density at radius 2 is 1.59 bits per heavy atom. The summed E-state index contributed by atoms with van der Waals surface area (Å²) in [7, 11) is -6.58. The average Bonchev–Trinajstić information content (AvgIpc) is 2.67. The summed E-state index contributed by atoms with van der Waals surface area (Å²) in [5.74, 6) is -0.342. The second kappa shape index (κ2) is 9.25. The van der Waals surface area contributed by atoms with Gasteiger partial charge >= 0.3 is 0 Å². The van der Waals surface area contributed by atoms with Gasteiger partial charge in [-0.25, -0.2) is 22.0 Å². The van der Waals surface area contributed by atoms with E-state index >= 15 is 0 Å². The van der Waals surface area contributed by atoms with Crippen molar-refractivity contribution in [3.05, 3.63) is 48.0 Å². The molecule has 0 aromatic heterocycles. The Hall–Kier alpha value is -2.63. The third-order valence-corrected chi connectivity index (χ3v) is 6.36. The topological polar surface area (TPSA) is 147 Å². The van der Waals surface area contributed by atoms with Crippen molar-refractivity contribution < 1.29 is 21.6 Å². The summed E-state index contributed by atoms with van der Waals surface area (Å²) in [6, 6.07) is 9.28. The lowest BCUT2D eigenvalue weighted by Gasteiger charge is -2.15. The number of hydrogen-bond donors (Lipinski definition) is 4. The van der Waals surface area contributed by atoms with Gasteiger partial charge in [-0.1, -0.05) is 13.3 Å². The lowest BCUT2D eigenvalue weighted by molar-refractivity contribution is 0.0963. The van der Waals surface area contributed by atoms with E-state index < -0.39 is 20.0 Å². The zero-order valence-corrected chi connectivity index (χ0v) is 17.7. The van der Waals surface area contributed by atoms with Crippen LogP contribution in [0.1, 0.15) is 30.1 Å². The first kappa shape index (κ1) is 22.7. The molecule has 5 N–H and O–H groups in total. The standard InChI is InChI=1S/C18H24N4O5S2/c1-3-4-11-21-16-10-9-15(28(19,24)25)12-17(16)22-29(26,27)14-7-5-13(6-8-14)18(23)20-2/h5-10,12,21-22H,3-4,11H2,1-2H3,(H,20,23)(H2,19,24,25). The molecule has 158 valence electrons. The molecular weight excluding hydrogens is 416 g/mol. The average molecular weight is 441 g/mol. The van der Waals surface area contributed by atoms with Crippen molar-refractivity contribution in [2.24, 2.45) is 5.14 Å². The minimum Gasteiger partial charge on any atom is -0.383 e. The fourth-order valence-corrected chi connectivity index (χ4v) is 4.08. The molecule has 0 aliphatic heterocycles. The van der Waals surface area contributed by atoms with Crippen molar-refractivity contribution in [2.45, 2.75) is 29.6 Å². The first-order valence-electron chi connectivity index (χ1n) is 8.84. The van der Waals surface area contributed by atoms with Gasteiger partial charge in [0, 0.05) is 19.2 Å². The molecule has 9 nitrogen and oxygen atoms in total. The number of unbranched alkanes of at least 4 members (excludes halogenated alkanes) is 1. The summed E-state index contributed by atoms with van der Waals surface area (Å²) in [5.41, 5.74) is 0.795. The fraction of sp³-hybridized carbons (Fsp3) is 0.278. The van der Waals surface area contributed by atoms with Crippen LogP contribution in [0.3, 0.4) is 0 Å². The molecule has 0 unspecified atom stereocenters. The van der Waals surface area contributed by atoms with Crippen LogP contribution >= 0.6 is 0 Å². The normalized spacial score (nSPS) is 11.7. The van der Waals surface area contributed by atoms with Crippen molar-refractivity contribution in [3.8, 4) is 0 Å². The minimum atomic E-state index is -4.04. The van der Waals surface area contributed by atoms with Crippen LogP contribution in [-0.2, 0) is 20.0 Å². The highest BCUT2D eigenvalue weighted by molar-refractivity contribution is 7.92. The number of sulfonamides is 2. The van der Waals surface area contributed by atoms with Gasteiger partial charge in [0.15, 0.2) is 0 Å². The van der Waals surface area contributed by atoms with Crippen LogP contribution < -0.4 is 20.5 Å². The largest absolute Gasteiger partial charge is 0.383 e. The summed E-state index contributed by atoms with van der Waals surface area (Å²) < 4.78 is 51.3. The van der Waals surface area contributed by atoms with Gasteiger partial charge in [-0.2, -0.15) is 0 Å². The van der Waals surface area contributed by atoms with E-state index in [4.69, 9.17) is 5.14 Å². The molecule has 1 amide bonds. The molecule has 0 aliphatic rings. The number of primary sulfonamides is 1. The Kier molecular flexibility index (Phi) is 7.22. The summed E-state index contributed by atoms with van der Waals surface area (Å²) in [4.78, 5) is 11.3. The Morgan fingerprint density at radius 3 is 2.14 bits per heavy atom. The maximum absolute atomic E-state index is 12.8. The number of benzene rings is 2. The van der Waals surface area contributed by atoms with E-state index in [9.17, 15) is 21.6 Å². The van der Waals surface area contributed by atoms with Gasteiger partial charge < -0.3 is 10.6 Å². The smallest absolute Gasteiger partial charge is 0.261 e. The van der Waals surface area contributed by atoms with Crippen molar-refractivity contribution in [2.75, 3.05) is 23.6 Å². The number of hydrogen-bond acceptors (Lipinski definition) is 6. The maximum Gasteiger partial charge on any atom is 0.261 e. The van der Waals surface area contributed by atoms with Crippen LogP contribution in [0.25, 0.3) is 0 Å². The zero-order chi connectivity index (χ0) is 21.7. The van der Waals surface area contributed by atoms with Crippen LogP contribution in [0.5, 0.6) is 0 Å². The Bertz CT molecular complexity index is 1080. The molecule has 0 radical (unpaired) electrons. The van der Waals surface area contributed by atoms with E-state index in [1.54, 1.807) is 0 Å². The number of anilines is 2. The molecule has 0 heterocycles. The van der Waals surface area contributed by atoms with E-state index in [0.717, 1.165) is 12.8 Å². The van der Waals surface area contributed by atoms with Crippen LogP contribution in [0.15, 0.2) is 52.3 Å². The quantitative estimate of drug-likeness (QED) is 0.436. The van der Waals surface area contributed by atoms with Gasteiger partial charge in [-0.05, 0) is 48.9 Å². The molecule has 0 spiro atoms. The van der Waals surface area contributed by atoms with E-state index in [1.807, 2.05) is 6.92 Å². The number of rotatable bonds is 9. The molecule has 2 rings (SSSR count). The van der Waals surface area contributed by atoms with Gasteiger partial charge in [-0.15, -0.1) is 0 Å². The highest BCUT2D eigenvalue weighted by Gasteiger charge is 2.19. The Morgan fingerprint density at radius 1 is 0.966 bits per heavy atom. The molecule has 2 aromatic carbocycles. The second-order valence-corrected chi connectivity index (χ2v) is 9.49. The SMILES string of the molecule is CCCCNc1ccc(S(N)(=O)=O)cc1NS(=O)(=O)c1ccc(C(=O)NC)cc1.